The lowest BCUT2D eigenvalue weighted by molar-refractivity contribution is 0.304. The van der Waals surface area contributed by atoms with Crippen LogP contribution < -0.4 is 8.92 Å². The Morgan fingerprint density at radius 2 is 1.77 bits per heavy atom. The smallest absolute Gasteiger partial charge is 0.488 e. The summed E-state index contributed by atoms with van der Waals surface area (Å²) < 4.78 is 71.4. The molecule has 0 fully saturated rings. The number of halogens is 3. The molecule has 0 saturated heterocycles. The Labute approximate surface area is 146 Å². The lowest BCUT2D eigenvalue weighted by Crippen LogP contribution is -2.05. The van der Waals surface area contributed by atoms with Gasteiger partial charge in [-0.25, -0.2) is 18.4 Å². The molecule has 0 spiro atoms. The molecule has 0 aliphatic rings. The molecule has 0 radical (unpaired) electrons. The summed E-state index contributed by atoms with van der Waals surface area (Å²) in [7, 11) is -5.11. The largest absolute Gasteiger partial charge is 0.489 e. The van der Waals surface area contributed by atoms with Gasteiger partial charge in [-0.15, -0.1) is 0 Å². The fourth-order valence-corrected chi connectivity index (χ4v) is 2.43. The molecule has 11 heteroatoms. The number of hydrogen-bond donors (Lipinski definition) is 0. The predicted molar refractivity (Wildman–Crippen MR) is 82.7 cm³/mol. The Morgan fingerprint density at radius 3 is 2.38 bits per heavy atom. The third kappa shape index (κ3) is 4.30. The van der Waals surface area contributed by atoms with Gasteiger partial charge in [0, 0.05) is 0 Å². The summed E-state index contributed by atoms with van der Waals surface area (Å²) in [6, 6.07) is 7.34. The van der Waals surface area contributed by atoms with Gasteiger partial charge in [0.2, 0.25) is 0 Å². The molecule has 0 aliphatic carbocycles. The first-order chi connectivity index (χ1) is 12.3. The van der Waals surface area contributed by atoms with Crippen LogP contribution in [0, 0.1) is 11.6 Å². The van der Waals surface area contributed by atoms with Gasteiger partial charge in [0.05, 0.1) is 0 Å². The maximum Gasteiger partial charge on any atom is 0.488 e. The first kappa shape index (κ1) is 17.7. The standard InChI is InChI=1S/C15H10F3N3O4S/c16-13-5-10(6-14(15(13)17)21-9-19-8-20-21)7-24-11-1-3-12(4-2-11)25-26(18,22)23/h1-6,8-9H,7H2. The van der Waals surface area contributed by atoms with Crippen LogP contribution >= 0.6 is 0 Å². The average Bonchev–Trinajstić information content (AvgIpc) is 3.10. The Hall–Kier alpha value is -3.08. The zero-order valence-corrected chi connectivity index (χ0v) is 13.7. The SMILES string of the molecule is O=S(=O)(F)Oc1ccc(OCc2cc(F)c(F)c(-n3cncn3)c2)cc1. The van der Waals surface area contributed by atoms with E-state index in [1.54, 1.807) is 0 Å². The maximum atomic E-state index is 13.9. The van der Waals surface area contributed by atoms with Crippen molar-refractivity contribution in [1.29, 1.82) is 0 Å². The van der Waals surface area contributed by atoms with Gasteiger partial charge in [-0.05, 0) is 42.0 Å². The third-order valence-electron chi connectivity index (χ3n) is 3.16. The molecule has 0 aliphatic heterocycles. The molecule has 0 saturated carbocycles. The molecule has 0 amide bonds. The Bertz CT molecular complexity index is 1010. The van der Waals surface area contributed by atoms with E-state index in [9.17, 15) is 21.1 Å². The van der Waals surface area contributed by atoms with Crippen molar-refractivity contribution in [3.05, 3.63) is 66.3 Å². The lowest BCUT2D eigenvalue weighted by atomic mass is 10.2. The predicted octanol–water partition coefficient (Wildman–Crippen LogP) is 2.72. The zero-order chi connectivity index (χ0) is 18.7. The minimum absolute atomic E-state index is 0.111. The summed E-state index contributed by atoms with van der Waals surface area (Å²) in [6.07, 6.45) is 2.40. The number of nitrogens with zero attached hydrogens (tertiary/aromatic N) is 3. The summed E-state index contributed by atoms with van der Waals surface area (Å²) in [4.78, 5) is 3.68. The van der Waals surface area contributed by atoms with E-state index in [2.05, 4.69) is 14.3 Å². The van der Waals surface area contributed by atoms with Crippen molar-refractivity contribution in [3.8, 4) is 17.2 Å². The molecule has 0 N–H and O–H groups in total. The molecule has 2 aromatic carbocycles. The molecule has 136 valence electrons. The van der Waals surface area contributed by atoms with Gasteiger partial charge in [-0.1, -0.05) is 3.89 Å². The van der Waals surface area contributed by atoms with E-state index >= 15 is 0 Å². The second-order valence-electron chi connectivity index (χ2n) is 4.99. The van der Waals surface area contributed by atoms with Gasteiger partial charge in [0.25, 0.3) is 0 Å². The van der Waals surface area contributed by atoms with Gasteiger partial charge in [-0.3, -0.25) is 0 Å². The highest BCUT2D eigenvalue weighted by atomic mass is 32.3. The Morgan fingerprint density at radius 1 is 1.08 bits per heavy atom. The molecule has 0 unspecified atom stereocenters. The normalized spacial score (nSPS) is 11.3. The van der Waals surface area contributed by atoms with Crippen molar-refractivity contribution in [2.24, 2.45) is 0 Å². The quantitative estimate of drug-likeness (QED) is 0.607. The summed E-state index contributed by atoms with van der Waals surface area (Å²) in [6.45, 7) is -0.111. The van der Waals surface area contributed by atoms with Crippen molar-refractivity contribution >= 4 is 10.5 Å². The maximum absolute atomic E-state index is 13.9. The van der Waals surface area contributed by atoms with Crippen molar-refractivity contribution in [1.82, 2.24) is 14.8 Å². The van der Waals surface area contributed by atoms with E-state index in [-0.39, 0.29) is 23.8 Å². The van der Waals surface area contributed by atoms with Crippen molar-refractivity contribution in [3.63, 3.8) is 0 Å². The highest BCUT2D eigenvalue weighted by Gasteiger charge is 2.14. The van der Waals surface area contributed by atoms with Crippen LogP contribution in [0.3, 0.4) is 0 Å². The molecular formula is C15H10F3N3O4S. The van der Waals surface area contributed by atoms with Gasteiger partial charge in [0.1, 0.15) is 36.4 Å². The first-order valence-electron chi connectivity index (χ1n) is 7.02. The topological polar surface area (TPSA) is 83.3 Å². The van der Waals surface area contributed by atoms with E-state index in [0.717, 1.165) is 10.7 Å². The average molecular weight is 385 g/mol. The van der Waals surface area contributed by atoms with Crippen molar-refractivity contribution in [2.45, 2.75) is 6.61 Å². The van der Waals surface area contributed by atoms with Crippen LogP contribution in [-0.2, 0) is 17.1 Å². The number of rotatable bonds is 6. The van der Waals surface area contributed by atoms with Crippen LogP contribution in [0.5, 0.6) is 11.5 Å². The van der Waals surface area contributed by atoms with Gasteiger partial charge in [0.15, 0.2) is 11.6 Å². The molecular weight excluding hydrogens is 375 g/mol. The van der Waals surface area contributed by atoms with E-state index < -0.39 is 22.1 Å². The van der Waals surface area contributed by atoms with Gasteiger partial charge in [-0.2, -0.15) is 13.5 Å². The highest BCUT2D eigenvalue weighted by molar-refractivity contribution is 7.81. The van der Waals surface area contributed by atoms with Crippen LogP contribution in [0.1, 0.15) is 5.56 Å². The molecule has 1 aromatic heterocycles. The fraction of sp³-hybridized carbons (Fsp3) is 0.0667. The number of ether oxygens (including phenoxy) is 1. The monoisotopic (exact) mass is 385 g/mol. The Kier molecular flexibility index (Phi) is 4.80. The fourth-order valence-electron chi connectivity index (χ4n) is 2.08. The third-order valence-corrected chi connectivity index (χ3v) is 3.55. The van der Waals surface area contributed by atoms with Crippen LogP contribution in [0.15, 0.2) is 49.1 Å². The van der Waals surface area contributed by atoms with E-state index in [1.807, 2.05) is 0 Å². The Balaban J connectivity index is 1.74. The highest BCUT2D eigenvalue weighted by Crippen LogP contribution is 2.22. The second-order valence-corrected chi connectivity index (χ2v) is 5.94. The molecule has 1 heterocycles. The van der Waals surface area contributed by atoms with Crippen LogP contribution in [-0.4, -0.2) is 23.2 Å². The second kappa shape index (κ2) is 7.04. The summed E-state index contributed by atoms with van der Waals surface area (Å²) in [5, 5.41) is 3.75. The molecule has 3 rings (SSSR count). The number of benzene rings is 2. The molecule has 3 aromatic rings. The number of aromatic nitrogens is 3. The molecule has 26 heavy (non-hydrogen) atoms. The first-order valence-corrected chi connectivity index (χ1v) is 8.32. The van der Waals surface area contributed by atoms with Gasteiger partial charge < -0.3 is 8.92 Å². The number of hydrogen-bond acceptors (Lipinski definition) is 6. The van der Waals surface area contributed by atoms with Crippen LogP contribution in [0.2, 0.25) is 0 Å². The van der Waals surface area contributed by atoms with E-state index in [0.29, 0.717) is 5.56 Å². The summed E-state index contributed by atoms with van der Waals surface area (Å²) in [5.41, 5.74) is 0.194. The van der Waals surface area contributed by atoms with Crippen LogP contribution in [0.4, 0.5) is 12.7 Å². The van der Waals surface area contributed by atoms with Crippen molar-refractivity contribution in [2.75, 3.05) is 0 Å². The van der Waals surface area contributed by atoms with Crippen LogP contribution in [0.25, 0.3) is 5.69 Å². The summed E-state index contributed by atoms with van der Waals surface area (Å²) in [5.74, 6) is -2.11. The van der Waals surface area contributed by atoms with E-state index in [4.69, 9.17) is 4.74 Å². The minimum Gasteiger partial charge on any atom is -0.489 e. The van der Waals surface area contributed by atoms with E-state index in [1.165, 1.54) is 43.0 Å². The molecule has 0 bridgehead atoms. The molecule has 7 nitrogen and oxygen atoms in total. The zero-order valence-electron chi connectivity index (χ0n) is 12.8. The minimum atomic E-state index is -5.11. The lowest BCUT2D eigenvalue weighted by Gasteiger charge is -2.10. The summed E-state index contributed by atoms with van der Waals surface area (Å²) >= 11 is 0. The van der Waals surface area contributed by atoms with Crippen molar-refractivity contribution < 1.29 is 30.0 Å². The van der Waals surface area contributed by atoms with Gasteiger partial charge >= 0.3 is 10.5 Å². The molecule has 0 atom stereocenters.